The molecule has 0 fully saturated rings. The maximum Gasteiger partial charge on any atom is 0.224 e. The summed E-state index contributed by atoms with van der Waals surface area (Å²) >= 11 is 5.82. The Morgan fingerprint density at radius 1 is 1.17 bits per heavy atom. The Hall–Kier alpha value is -2.00. The molecule has 2 rings (SSSR count). The smallest absolute Gasteiger partial charge is 0.224 e. The van der Waals surface area contributed by atoms with Gasteiger partial charge < -0.3 is 10.1 Å². The van der Waals surface area contributed by atoms with Gasteiger partial charge in [-0.1, -0.05) is 31.5 Å². The molecule has 4 heteroatoms. The zero-order chi connectivity index (χ0) is 17.5. The Bertz CT molecular complexity index is 681. The second-order valence-corrected chi connectivity index (χ2v) is 6.62. The molecule has 0 bridgehead atoms. The van der Waals surface area contributed by atoms with Crippen molar-refractivity contribution in [3.05, 3.63) is 58.6 Å². The average molecular weight is 346 g/mol. The molecule has 0 aromatic heterocycles. The topological polar surface area (TPSA) is 38.3 Å². The Morgan fingerprint density at radius 3 is 2.50 bits per heavy atom. The van der Waals surface area contributed by atoms with Crippen LogP contribution in [0.3, 0.4) is 0 Å². The molecule has 0 aliphatic carbocycles. The van der Waals surface area contributed by atoms with Crippen LogP contribution < -0.4 is 10.1 Å². The first-order valence-corrected chi connectivity index (χ1v) is 8.62. The van der Waals surface area contributed by atoms with Crippen LogP contribution in [0, 0.1) is 6.92 Å². The predicted molar refractivity (Wildman–Crippen MR) is 100 cm³/mol. The van der Waals surface area contributed by atoms with Crippen molar-refractivity contribution in [3.63, 3.8) is 0 Å². The van der Waals surface area contributed by atoms with Crippen LogP contribution in [-0.2, 0) is 4.79 Å². The number of hydrogen-bond donors (Lipinski definition) is 1. The Morgan fingerprint density at radius 2 is 1.88 bits per heavy atom. The fourth-order valence-electron chi connectivity index (χ4n) is 2.57. The van der Waals surface area contributed by atoms with E-state index in [0.717, 1.165) is 11.4 Å². The molecule has 128 valence electrons. The van der Waals surface area contributed by atoms with Gasteiger partial charge >= 0.3 is 0 Å². The normalized spacial score (nSPS) is 10.7. The van der Waals surface area contributed by atoms with Crippen molar-refractivity contribution in [1.29, 1.82) is 0 Å². The van der Waals surface area contributed by atoms with Crippen molar-refractivity contribution in [3.8, 4) is 5.75 Å². The monoisotopic (exact) mass is 345 g/mol. The van der Waals surface area contributed by atoms with Gasteiger partial charge in [-0.15, -0.1) is 0 Å². The Labute approximate surface area is 149 Å². The number of nitrogens with one attached hydrogen (secondary N) is 1. The van der Waals surface area contributed by atoms with Crippen LogP contribution in [0.5, 0.6) is 5.75 Å². The Balaban J connectivity index is 1.73. The average Bonchev–Trinajstić information content (AvgIpc) is 2.53. The molecule has 0 radical (unpaired) electrons. The fourth-order valence-corrected chi connectivity index (χ4v) is 2.69. The van der Waals surface area contributed by atoms with E-state index in [-0.39, 0.29) is 5.91 Å². The summed E-state index contributed by atoms with van der Waals surface area (Å²) in [6, 6.07) is 13.3. The SMILES string of the molecule is Cc1cc(OCCCC(=O)Nc2ccc(Cl)cc2)ccc1C(C)C. The van der Waals surface area contributed by atoms with Gasteiger partial charge in [-0.25, -0.2) is 0 Å². The van der Waals surface area contributed by atoms with Crippen molar-refractivity contribution >= 4 is 23.2 Å². The minimum Gasteiger partial charge on any atom is -0.494 e. The molecule has 1 amide bonds. The van der Waals surface area contributed by atoms with Crippen molar-refractivity contribution in [2.75, 3.05) is 11.9 Å². The summed E-state index contributed by atoms with van der Waals surface area (Å²) < 4.78 is 5.74. The molecule has 0 heterocycles. The number of aryl methyl sites for hydroxylation is 1. The van der Waals surface area contributed by atoms with Crippen LogP contribution in [-0.4, -0.2) is 12.5 Å². The molecule has 0 aliphatic rings. The number of anilines is 1. The maximum atomic E-state index is 11.9. The lowest BCUT2D eigenvalue weighted by atomic mass is 9.98. The lowest BCUT2D eigenvalue weighted by Gasteiger charge is -2.12. The summed E-state index contributed by atoms with van der Waals surface area (Å²) in [6.07, 6.45) is 1.09. The standard InChI is InChI=1S/C20H24ClNO2/c1-14(2)19-11-10-18(13-15(19)3)24-12-4-5-20(23)22-17-8-6-16(21)7-9-17/h6-11,13-14H,4-5,12H2,1-3H3,(H,22,23). The number of halogens is 1. The number of hydrogen-bond acceptors (Lipinski definition) is 2. The van der Waals surface area contributed by atoms with Crippen LogP contribution in [0.4, 0.5) is 5.69 Å². The molecule has 0 saturated heterocycles. The second-order valence-electron chi connectivity index (χ2n) is 6.18. The van der Waals surface area contributed by atoms with Crippen LogP contribution in [0.15, 0.2) is 42.5 Å². The molecule has 0 atom stereocenters. The largest absolute Gasteiger partial charge is 0.494 e. The quantitative estimate of drug-likeness (QED) is 0.666. The third-order valence-corrected chi connectivity index (χ3v) is 4.06. The molecular formula is C20H24ClNO2. The van der Waals surface area contributed by atoms with Crippen LogP contribution in [0.25, 0.3) is 0 Å². The third-order valence-electron chi connectivity index (χ3n) is 3.81. The van der Waals surface area contributed by atoms with E-state index in [9.17, 15) is 4.79 Å². The number of rotatable bonds is 7. The van der Waals surface area contributed by atoms with E-state index < -0.39 is 0 Å². The van der Waals surface area contributed by atoms with Gasteiger partial charge in [-0.2, -0.15) is 0 Å². The highest BCUT2D eigenvalue weighted by Crippen LogP contribution is 2.23. The Kier molecular flexibility index (Phi) is 6.68. The first-order valence-electron chi connectivity index (χ1n) is 8.24. The van der Waals surface area contributed by atoms with Crippen LogP contribution in [0.1, 0.15) is 43.7 Å². The molecule has 2 aromatic rings. The summed E-state index contributed by atoms with van der Waals surface area (Å²) in [5.74, 6) is 1.35. The number of ether oxygens (including phenoxy) is 1. The molecule has 0 spiro atoms. The zero-order valence-corrected chi connectivity index (χ0v) is 15.2. The van der Waals surface area contributed by atoms with Crippen molar-refractivity contribution < 1.29 is 9.53 Å². The molecule has 3 nitrogen and oxygen atoms in total. The zero-order valence-electron chi connectivity index (χ0n) is 14.4. The van der Waals surface area contributed by atoms with Crippen molar-refractivity contribution in [1.82, 2.24) is 0 Å². The number of amides is 1. The molecule has 1 N–H and O–H groups in total. The molecule has 0 unspecified atom stereocenters. The van der Waals surface area contributed by atoms with Gasteiger partial charge in [0.15, 0.2) is 0 Å². The minimum absolute atomic E-state index is 0.0211. The summed E-state index contributed by atoms with van der Waals surface area (Å²) in [5.41, 5.74) is 3.33. The third kappa shape index (κ3) is 5.57. The van der Waals surface area contributed by atoms with Gasteiger partial charge in [0, 0.05) is 17.1 Å². The van der Waals surface area contributed by atoms with Gasteiger partial charge in [0.05, 0.1) is 6.61 Å². The fraction of sp³-hybridized carbons (Fsp3) is 0.350. The summed E-state index contributed by atoms with van der Waals surface area (Å²) in [4.78, 5) is 11.9. The highest BCUT2D eigenvalue weighted by Gasteiger charge is 2.06. The molecular weight excluding hydrogens is 322 g/mol. The van der Waals surface area contributed by atoms with Crippen molar-refractivity contribution in [2.45, 2.75) is 39.5 Å². The van der Waals surface area contributed by atoms with E-state index in [0.29, 0.717) is 30.4 Å². The molecule has 24 heavy (non-hydrogen) atoms. The van der Waals surface area contributed by atoms with E-state index in [4.69, 9.17) is 16.3 Å². The summed E-state index contributed by atoms with van der Waals surface area (Å²) in [6.45, 7) is 6.99. The summed E-state index contributed by atoms with van der Waals surface area (Å²) in [5, 5.41) is 3.50. The highest BCUT2D eigenvalue weighted by atomic mass is 35.5. The van der Waals surface area contributed by atoms with Gasteiger partial charge in [0.1, 0.15) is 5.75 Å². The lowest BCUT2D eigenvalue weighted by Crippen LogP contribution is -2.12. The molecule has 0 aliphatic heterocycles. The van der Waals surface area contributed by atoms with Gasteiger partial charge in [-0.05, 0) is 66.8 Å². The van der Waals surface area contributed by atoms with E-state index >= 15 is 0 Å². The van der Waals surface area contributed by atoms with Gasteiger partial charge in [-0.3, -0.25) is 4.79 Å². The number of benzene rings is 2. The van der Waals surface area contributed by atoms with E-state index in [1.165, 1.54) is 11.1 Å². The van der Waals surface area contributed by atoms with Crippen LogP contribution in [0.2, 0.25) is 5.02 Å². The minimum atomic E-state index is -0.0211. The van der Waals surface area contributed by atoms with E-state index in [2.05, 4.69) is 38.2 Å². The second kappa shape index (κ2) is 8.74. The first kappa shape index (κ1) is 18.3. The maximum absolute atomic E-state index is 11.9. The van der Waals surface area contributed by atoms with E-state index in [1.807, 2.05) is 6.07 Å². The highest BCUT2D eigenvalue weighted by molar-refractivity contribution is 6.30. The molecule has 2 aromatic carbocycles. The number of carbonyl (C=O) groups is 1. The first-order chi connectivity index (χ1) is 11.5. The lowest BCUT2D eigenvalue weighted by molar-refractivity contribution is -0.116. The van der Waals surface area contributed by atoms with Gasteiger partial charge in [0.2, 0.25) is 5.91 Å². The summed E-state index contributed by atoms with van der Waals surface area (Å²) in [7, 11) is 0. The predicted octanol–water partition coefficient (Wildman–Crippen LogP) is 5.57. The van der Waals surface area contributed by atoms with Crippen LogP contribution >= 0.6 is 11.6 Å². The van der Waals surface area contributed by atoms with Crippen molar-refractivity contribution in [2.24, 2.45) is 0 Å². The van der Waals surface area contributed by atoms with Gasteiger partial charge in [0.25, 0.3) is 0 Å². The molecule has 0 saturated carbocycles. The van der Waals surface area contributed by atoms with E-state index in [1.54, 1.807) is 24.3 Å². The number of carbonyl (C=O) groups excluding carboxylic acids is 1.